The van der Waals surface area contributed by atoms with Crippen LogP contribution < -0.4 is 10.2 Å². The Morgan fingerprint density at radius 2 is 1.82 bits per heavy atom. The monoisotopic (exact) mass is 252 g/mol. The maximum Gasteiger partial charge on any atom is 0.491 e. The van der Waals surface area contributed by atoms with E-state index in [1.54, 1.807) is 0 Å². The standard InChI is InChI=1S/C9H9BF4O3/c11-7(12)3-4-17-6-2-1-5(10(15)16)8(13)9(6)14/h1-2,7,15-16H,3-4H2. The Labute approximate surface area is 94.8 Å². The largest absolute Gasteiger partial charge is 0.491 e. The van der Waals surface area contributed by atoms with Gasteiger partial charge in [-0.15, -0.1) is 0 Å². The van der Waals surface area contributed by atoms with E-state index in [2.05, 4.69) is 4.74 Å². The molecule has 0 saturated heterocycles. The molecule has 0 heterocycles. The molecule has 0 atom stereocenters. The summed E-state index contributed by atoms with van der Waals surface area (Å²) in [7, 11) is -2.15. The number of hydrogen-bond acceptors (Lipinski definition) is 3. The molecule has 1 rings (SSSR count). The van der Waals surface area contributed by atoms with E-state index in [-0.39, 0.29) is 0 Å². The minimum atomic E-state index is -2.60. The van der Waals surface area contributed by atoms with E-state index in [1.807, 2.05) is 0 Å². The van der Waals surface area contributed by atoms with Gasteiger partial charge in [0.15, 0.2) is 17.4 Å². The second-order valence-corrected chi connectivity index (χ2v) is 3.18. The van der Waals surface area contributed by atoms with Crippen LogP contribution in [-0.2, 0) is 0 Å². The molecule has 0 aliphatic rings. The van der Waals surface area contributed by atoms with Gasteiger partial charge in [0.1, 0.15) is 0 Å². The average molecular weight is 252 g/mol. The molecule has 0 bridgehead atoms. The first-order chi connectivity index (χ1) is 7.93. The third-order valence-corrected chi connectivity index (χ3v) is 1.95. The molecule has 0 aliphatic carbocycles. The van der Waals surface area contributed by atoms with Crippen molar-refractivity contribution in [1.29, 1.82) is 0 Å². The summed E-state index contributed by atoms with van der Waals surface area (Å²) in [5, 5.41) is 17.4. The lowest BCUT2D eigenvalue weighted by Gasteiger charge is -2.09. The van der Waals surface area contributed by atoms with Crippen molar-refractivity contribution in [2.24, 2.45) is 0 Å². The Morgan fingerprint density at radius 3 is 2.35 bits per heavy atom. The van der Waals surface area contributed by atoms with Gasteiger partial charge in [0, 0.05) is 11.9 Å². The summed E-state index contributed by atoms with van der Waals surface area (Å²) in [4.78, 5) is 0. The van der Waals surface area contributed by atoms with E-state index in [9.17, 15) is 17.6 Å². The van der Waals surface area contributed by atoms with Gasteiger partial charge in [-0.2, -0.15) is 4.39 Å². The van der Waals surface area contributed by atoms with Gasteiger partial charge in [0.25, 0.3) is 0 Å². The van der Waals surface area contributed by atoms with Crippen LogP contribution in [0.3, 0.4) is 0 Å². The highest BCUT2D eigenvalue weighted by Crippen LogP contribution is 2.18. The minimum absolute atomic E-state index is 0.463. The second kappa shape index (κ2) is 5.88. The van der Waals surface area contributed by atoms with Crippen LogP contribution in [0.25, 0.3) is 0 Å². The first-order valence-corrected chi connectivity index (χ1v) is 4.68. The lowest BCUT2D eigenvalue weighted by molar-refractivity contribution is 0.113. The number of ether oxygens (including phenoxy) is 1. The quantitative estimate of drug-likeness (QED) is 0.598. The van der Waals surface area contributed by atoms with Crippen molar-refractivity contribution in [3.8, 4) is 5.75 Å². The van der Waals surface area contributed by atoms with Gasteiger partial charge in [-0.05, 0) is 6.07 Å². The Balaban J connectivity index is 2.78. The third kappa shape index (κ3) is 3.60. The highest BCUT2D eigenvalue weighted by atomic mass is 19.3. The summed E-state index contributed by atoms with van der Waals surface area (Å²) in [5.74, 6) is -3.47. The lowest BCUT2D eigenvalue weighted by atomic mass is 9.80. The van der Waals surface area contributed by atoms with Gasteiger partial charge in [-0.25, -0.2) is 13.2 Å². The van der Waals surface area contributed by atoms with Crippen molar-refractivity contribution >= 4 is 12.6 Å². The van der Waals surface area contributed by atoms with E-state index >= 15 is 0 Å². The maximum absolute atomic E-state index is 13.2. The number of halogens is 4. The summed E-state index contributed by atoms with van der Waals surface area (Å²) < 4.78 is 54.6. The number of hydrogen-bond donors (Lipinski definition) is 2. The molecule has 0 unspecified atom stereocenters. The average Bonchev–Trinajstić information content (AvgIpc) is 2.23. The van der Waals surface area contributed by atoms with Crippen LogP contribution in [0.2, 0.25) is 0 Å². The van der Waals surface area contributed by atoms with E-state index in [0.29, 0.717) is 0 Å². The summed E-state index contributed by atoms with van der Waals surface area (Å²) >= 11 is 0. The van der Waals surface area contributed by atoms with Crippen molar-refractivity contribution in [2.75, 3.05) is 6.61 Å². The molecule has 0 aromatic heterocycles. The van der Waals surface area contributed by atoms with Crippen molar-refractivity contribution in [2.45, 2.75) is 12.8 Å². The third-order valence-electron chi connectivity index (χ3n) is 1.95. The van der Waals surface area contributed by atoms with Crippen molar-refractivity contribution in [3.63, 3.8) is 0 Å². The molecular formula is C9H9BF4O3. The highest BCUT2D eigenvalue weighted by molar-refractivity contribution is 6.58. The van der Waals surface area contributed by atoms with Crippen LogP contribution in [0.15, 0.2) is 12.1 Å². The van der Waals surface area contributed by atoms with Crippen LogP contribution >= 0.6 is 0 Å². The van der Waals surface area contributed by atoms with Gasteiger partial charge in [0.2, 0.25) is 6.43 Å². The number of rotatable bonds is 5. The summed E-state index contributed by atoms with van der Waals surface area (Å²) in [6, 6.07) is 1.85. The number of alkyl halides is 2. The van der Waals surface area contributed by atoms with Gasteiger partial charge in [0.05, 0.1) is 6.61 Å². The van der Waals surface area contributed by atoms with Crippen molar-refractivity contribution in [1.82, 2.24) is 0 Å². The van der Waals surface area contributed by atoms with Gasteiger partial charge < -0.3 is 14.8 Å². The SMILES string of the molecule is OB(O)c1ccc(OCCC(F)F)c(F)c1F. The van der Waals surface area contributed by atoms with E-state index in [4.69, 9.17) is 10.0 Å². The first-order valence-electron chi connectivity index (χ1n) is 4.68. The molecule has 1 aromatic carbocycles. The zero-order chi connectivity index (χ0) is 13.0. The molecule has 17 heavy (non-hydrogen) atoms. The normalized spacial score (nSPS) is 10.8. The fourth-order valence-corrected chi connectivity index (χ4v) is 1.12. The van der Waals surface area contributed by atoms with Crippen LogP contribution in [-0.4, -0.2) is 30.2 Å². The van der Waals surface area contributed by atoms with Crippen LogP contribution in [0, 0.1) is 11.6 Å². The summed E-state index contributed by atoms with van der Waals surface area (Å²) in [6.45, 7) is -0.463. The van der Waals surface area contributed by atoms with Crippen LogP contribution in [0.5, 0.6) is 5.75 Å². The van der Waals surface area contributed by atoms with Crippen molar-refractivity contribution in [3.05, 3.63) is 23.8 Å². The van der Waals surface area contributed by atoms with Crippen LogP contribution in [0.1, 0.15) is 6.42 Å². The van der Waals surface area contributed by atoms with E-state index in [0.717, 1.165) is 12.1 Å². The van der Waals surface area contributed by atoms with Gasteiger partial charge >= 0.3 is 7.12 Å². The molecule has 3 nitrogen and oxygen atoms in total. The molecule has 0 radical (unpaired) electrons. The molecule has 1 aromatic rings. The zero-order valence-corrected chi connectivity index (χ0v) is 8.54. The Morgan fingerprint density at radius 1 is 1.18 bits per heavy atom. The second-order valence-electron chi connectivity index (χ2n) is 3.18. The van der Waals surface area contributed by atoms with Crippen LogP contribution in [0.4, 0.5) is 17.6 Å². The van der Waals surface area contributed by atoms with Gasteiger partial charge in [-0.3, -0.25) is 0 Å². The summed E-state index contributed by atoms with van der Waals surface area (Å²) in [5.41, 5.74) is -0.649. The molecular weight excluding hydrogens is 243 g/mol. The minimum Gasteiger partial charge on any atom is -0.490 e. The topological polar surface area (TPSA) is 49.7 Å². The predicted octanol–water partition coefficient (Wildman–Crippen LogP) is 0.679. The van der Waals surface area contributed by atoms with Crippen molar-refractivity contribution < 1.29 is 32.3 Å². The summed E-state index contributed by atoms with van der Waals surface area (Å²) in [6.07, 6.45) is -3.20. The highest BCUT2D eigenvalue weighted by Gasteiger charge is 2.22. The fourth-order valence-electron chi connectivity index (χ4n) is 1.12. The fraction of sp³-hybridized carbons (Fsp3) is 0.333. The molecule has 8 heteroatoms. The lowest BCUT2D eigenvalue weighted by Crippen LogP contribution is -2.33. The van der Waals surface area contributed by atoms with E-state index < -0.39 is 49.4 Å². The van der Waals surface area contributed by atoms with E-state index in [1.165, 1.54) is 0 Å². The first kappa shape index (κ1) is 13.8. The molecule has 0 fully saturated rings. The Bertz CT molecular complexity index is 387. The molecule has 0 saturated carbocycles. The molecule has 94 valence electrons. The molecule has 2 N–H and O–H groups in total. The number of benzene rings is 1. The van der Waals surface area contributed by atoms with Gasteiger partial charge in [-0.1, -0.05) is 6.07 Å². The zero-order valence-electron chi connectivity index (χ0n) is 8.54. The smallest absolute Gasteiger partial charge is 0.490 e. The maximum atomic E-state index is 13.2. The Kier molecular flexibility index (Phi) is 4.77. The molecule has 0 aliphatic heterocycles. The molecule has 0 spiro atoms. The molecule has 0 amide bonds. The Hall–Kier alpha value is -1.28. The predicted molar refractivity (Wildman–Crippen MR) is 52.3 cm³/mol.